The molecule has 25 heavy (non-hydrogen) atoms. The summed E-state index contributed by atoms with van der Waals surface area (Å²) in [4.78, 5) is 14.6. The quantitative estimate of drug-likeness (QED) is 0.853. The number of ether oxygens (including phenoxy) is 2. The predicted octanol–water partition coefficient (Wildman–Crippen LogP) is 1.85. The number of nitrogens with zero attached hydrogens (tertiary/aromatic N) is 1. The number of urea groups is 1. The van der Waals surface area contributed by atoms with E-state index in [9.17, 15) is 4.79 Å². The summed E-state index contributed by atoms with van der Waals surface area (Å²) in [5.74, 6) is 1.23. The molecule has 2 aliphatic rings. The van der Waals surface area contributed by atoms with E-state index in [0.29, 0.717) is 12.5 Å². The molecule has 2 aliphatic heterocycles. The van der Waals surface area contributed by atoms with Gasteiger partial charge in [0.25, 0.3) is 0 Å². The largest absolute Gasteiger partial charge is 0.497 e. The van der Waals surface area contributed by atoms with Crippen LogP contribution < -0.4 is 15.4 Å². The van der Waals surface area contributed by atoms with E-state index in [4.69, 9.17) is 9.47 Å². The first kappa shape index (κ1) is 18.0. The van der Waals surface area contributed by atoms with Crippen LogP contribution in [-0.2, 0) is 11.3 Å². The highest BCUT2D eigenvalue weighted by atomic mass is 16.5. The van der Waals surface area contributed by atoms with Gasteiger partial charge in [0, 0.05) is 32.7 Å². The van der Waals surface area contributed by atoms with Crippen LogP contribution in [0, 0.1) is 11.3 Å². The molecule has 2 heterocycles. The van der Waals surface area contributed by atoms with Gasteiger partial charge in [-0.25, -0.2) is 4.79 Å². The molecule has 0 radical (unpaired) electrons. The van der Waals surface area contributed by atoms with E-state index in [2.05, 4.69) is 10.6 Å². The van der Waals surface area contributed by atoms with Gasteiger partial charge in [0.05, 0.1) is 13.7 Å². The van der Waals surface area contributed by atoms with Crippen molar-refractivity contribution in [1.82, 2.24) is 15.5 Å². The Morgan fingerprint density at radius 3 is 2.88 bits per heavy atom. The van der Waals surface area contributed by atoms with E-state index in [1.807, 2.05) is 29.2 Å². The fourth-order valence-electron chi connectivity index (χ4n) is 4.18. The summed E-state index contributed by atoms with van der Waals surface area (Å²) in [6.45, 7) is 4.89. The lowest BCUT2D eigenvalue weighted by Crippen LogP contribution is -2.44. The van der Waals surface area contributed by atoms with Crippen molar-refractivity contribution in [3.63, 3.8) is 0 Å². The molecule has 1 spiro atoms. The Morgan fingerprint density at radius 2 is 2.16 bits per heavy atom. The Labute approximate surface area is 149 Å². The monoisotopic (exact) mass is 347 g/mol. The molecule has 0 aromatic heterocycles. The first-order valence-electron chi connectivity index (χ1n) is 9.02. The summed E-state index contributed by atoms with van der Waals surface area (Å²) >= 11 is 0. The van der Waals surface area contributed by atoms with Crippen LogP contribution >= 0.6 is 0 Å². The number of carbonyl (C=O) groups excluding carboxylic acids is 1. The van der Waals surface area contributed by atoms with Crippen molar-refractivity contribution in [3.05, 3.63) is 29.8 Å². The van der Waals surface area contributed by atoms with E-state index in [1.54, 1.807) is 14.2 Å². The van der Waals surface area contributed by atoms with Crippen LogP contribution in [-0.4, -0.2) is 57.9 Å². The van der Waals surface area contributed by atoms with E-state index in [-0.39, 0.29) is 11.4 Å². The van der Waals surface area contributed by atoms with Crippen molar-refractivity contribution in [2.24, 2.45) is 11.3 Å². The van der Waals surface area contributed by atoms with Gasteiger partial charge in [0.1, 0.15) is 5.75 Å². The van der Waals surface area contributed by atoms with E-state index in [1.165, 1.54) is 0 Å². The van der Waals surface area contributed by atoms with Crippen LogP contribution in [0.15, 0.2) is 24.3 Å². The molecule has 1 atom stereocenters. The molecule has 2 N–H and O–H groups in total. The summed E-state index contributed by atoms with van der Waals surface area (Å²) in [7, 11) is 3.40. The lowest BCUT2D eigenvalue weighted by molar-refractivity contribution is 0.0717. The number of hydrogen-bond donors (Lipinski definition) is 2. The summed E-state index contributed by atoms with van der Waals surface area (Å²) in [6, 6.07) is 7.80. The van der Waals surface area contributed by atoms with Gasteiger partial charge in [-0.05, 0) is 49.0 Å². The molecule has 2 saturated heterocycles. The van der Waals surface area contributed by atoms with Gasteiger partial charge in [0.15, 0.2) is 0 Å². The van der Waals surface area contributed by atoms with Crippen molar-refractivity contribution in [3.8, 4) is 5.75 Å². The number of piperidine rings is 1. The number of methoxy groups -OCH3 is 2. The minimum atomic E-state index is 0.0133. The molecule has 1 aromatic carbocycles. The van der Waals surface area contributed by atoms with Crippen LogP contribution in [0.25, 0.3) is 0 Å². The highest BCUT2D eigenvalue weighted by Crippen LogP contribution is 2.43. The summed E-state index contributed by atoms with van der Waals surface area (Å²) in [6.07, 6.45) is 2.22. The average Bonchev–Trinajstić information content (AvgIpc) is 2.98. The second kappa shape index (κ2) is 8.06. The Hall–Kier alpha value is -1.79. The fourth-order valence-corrected chi connectivity index (χ4v) is 4.18. The molecule has 2 amide bonds. The van der Waals surface area contributed by atoms with E-state index < -0.39 is 0 Å². The zero-order chi connectivity index (χ0) is 17.7. The Morgan fingerprint density at radius 1 is 1.36 bits per heavy atom. The van der Waals surface area contributed by atoms with Crippen molar-refractivity contribution in [2.75, 3.05) is 47.0 Å². The maximum atomic E-state index is 12.7. The minimum absolute atomic E-state index is 0.0133. The molecule has 0 aliphatic carbocycles. The molecular weight excluding hydrogens is 318 g/mol. The normalized spacial score (nSPS) is 22.2. The van der Waals surface area contributed by atoms with Gasteiger partial charge < -0.3 is 25.0 Å². The number of nitrogens with one attached hydrogen (secondary N) is 2. The van der Waals surface area contributed by atoms with Crippen LogP contribution in [0.1, 0.15) is 18.4 Å². The topological polar surface area (TPSA) is 62.8 Å². The summed E-state index contributed by atoms with van der Waals surface area (Å²) < 4.78 is 10.7. The fraction of sp³-hybridized carbons (Fsp3) is 0.632. The van der Waals surface area contributed by atoms with E-state index in [0.717, 1.165) is 56.9 Å². The van der Waals surface area contributed by atoms with Gasteiger partial charge in [-0.2, -0.15) is 0 Å². The second-order valence-corrected chi connectivity index (χ2v) is 7.16. The van der Waals surface area contributed by atoms with Crippen molar-refractivity contribution in [1.29, 1.82) is 0 Å². The number of rotatable bonds is 5. The van der Waals surface area contributed by atoms with Crippen LogP contribution in [0.5, 0.6) is 5.75 Å². The molecule has 0 bridgehead atoms. The Kier molecular flexibility index (Phi) is 5.81. The van der Waals surface area contributed by atoms with Crippen molar-refractivity contribution < 1.29 is 14.3 Å². The molecule has 1 aromatic rings. The van der Waals surface area contributed by atoms with Crippen molar-refractivity contribution in [2.45, 2.75) is 19.4 Å². The predicted molar refractivity (Wildman–Crippen MR) is 96.7 cm³/mol. The maximum Gasteiger partial charge on any atom is 0.317 e. The second-order valence-electron chi connectivity index (χ2n) is 7.16. The standard InChI is InChI=1S/C19H29N3O3/c1-24-13-16-12-22(14-19(16)6-8-20-9-7-19)18(23)21-11-15-4-3-5-17(10-15)25-2/h3-5,10,16,20H,6-9,11-14H2,1-2H3,(H,21,23). The van der Waals surface area contributed by atoms with Gasteiger partial charge in [-0.3, -0.25) is 0 Å². The first-order valence-corrected chi connectivity index (χ1v) is 9.02. The number of benzene rings is 1. The molecule has 138 valence electrons. The maximum absolute atomic E-state index is 12.7. The lowest BCUT2D eigenvalue weighted by Gasteiger charge is -2.38. The Bertz CT molecular complexity index is 587. The molecule has 3 rings (SSSR count). The van der Waals surface area contributed by atoms with E-state index >= 15 is 0 Å². The highest BCUT2D eigenvalue weighted by molar-refractivity contribution is 5.74. The number of likely N-dealkylation sites (tertiary alicyclic amines) is 1. The molecular formula is C19H29N3O3. The molecule has 6 nitrogen and oxygen atoms in total. The third kappa shape index (κ3) is 4.07. The zero-order valence-corrected chi connectivity index (χ0v) is 15.2. The zero-order valence-electron chi connectivity index (χ0n) is 15.2. The minimum Gasteiger partial charge on any atom is -0.497 e. The van der Waals surface area contributed by atoms with Gasteiger partial charge in [-0.1, -0.05) is 12.1 Å². The van der Waals surface area contributed by atoms with Gasteiger partial charge in [0.2, 0.25) is 0 Å². The summed E-state index contributed by atoms with van der Waals surface area (Å²) in [5, 5.41) is 6.48. The molecule has 1 unspecified atom stereocenters. The summed E-state index contributed by atoms with van der Waals surface area (Å²) in [5.41, 5.74) is 1.24. The number of amides is 2. The lowest BCUT2D eigenvalue weighted by atomic mass is 9.71. The van der Waals surface area contributed by atoms with Crippen LogP contribution in [0.4, 0.5) is 4.79 Å². The highest BCUT2D eigenvalue weighted by Gasteiger charge is 2.48. The van der Waals surface area contributed by atoms with Crippen LogP contribution in [0.3, 0.4) is 0 Å². The Balaban J connectivity index is 1.60. The average molecular weight is 347 g/mol. The number of carbonyl (C=O) groups is 1. The third-order valence-electron chi connectivity index (χ3n) is 5.64. The third-order valence-corrected chi connectivity index (χ3v) is 5.64. The SMILES string of the molecule is COCC1CN(C(=O)NCc2cccc(OC)c2)CC12CCNCC2. The molecule has 2 fully saturated rings. The number of hydrogen-bond acceptors (Lipinski definition) is 4. The van der Waals surface area contributed by atoms with Crippen molar-refractivity contribution >= 4 is 6.03 Å². The first-order chi connectivity index (χ1) is 12.2. The van der Waals surface area contributed by atoms with Gasteiger partial charge in [-0.15, -0.1) is 0 Å². The van der Waals surface area contributed by atoms with Gasteiger partial charge >= 0.3 is 6.03 Å². The van der Waals surface area contributed by atoms with Crippen LogP contribution in [0.2, 0.25) is 0 Å². The smallest absolute Gasteiger partial charge is 0.317 e. The molecule has 0 saturated carbocycles. The molecule has 6 heteroatoms.